The van der Waals surface area contributed by atoms with Gasteiger partial charge in [-0.25, -0.2) is 13.6 Å². The lowest BCUT2D eigenvalue weighted by molar-refractivity contribution is -0.137. The van der Waals surface area contributed by atoms with Gasteiger partial charge in [0.15, 0.2) is 0 Å². The molecule has 0 amide bonds. The number of esters is 1. The molecule has 35 heavy (non-hydrogen) atoms. The average molecular weight is 491 g/mol. The van der Waals surface area contributed by atoms with Crippen LogP contribution in [-0.2, 0) is 20.7 Å². The van der Waals surface area contributed by atoms with E-state index in [2.05, 4.69) is 6.58 Å². The number of halogens is 2. The van der Waals surface area contributed by atoms with Gasteiger partial charge in [0, 0.05) is 18.2 Å². The molecular formula is C30H44F2O3. The number of carbonyl (C=O) groups excluding carboxylic acids is 1. The lowest BCUT2D eigenvalue weighted by Gasteiger charge is -2.38. The molecule has 3 nitrogen and oxygen atoms in total. The minimum atomic E-state index is -0.365. The Kier molecular flexibility index (Phi) is 11.7. The molecule has 0 atom stereocenters. The standard InChI is InChI=1S/C30H44F2O3/c1-3-9-27-28(31)20-25(21-29(27)32)24-12-10-22(11-13-24)23-14-16-26(17-15-23)34-18-7-5-6-8-19-35-30(33)4-2/h4,20-24,26H,2-3,5-19H2,1H3. The van der Waals surface area contributed by atoms with Crippen LogP contribution in [0, 0.1) is 23.5 Å². The van der Waals surface area contributed by atoms with E-state index in [4.69, 9.17) is 9.47 Å². The number of ether oxygens (including phenoxy) is 2. The van der Waals surface area contributed by atoms with Crippen LogP contribution in [0.1, 0.15) is 107 Å². The van der Waals surface area contributed by atoms with Crippen molar-refractivity contribution in [2.24, 2.45) is 11.8 Å². The zero-order chi connectivity index (χ0) is 25.0. The molecule has 196 valence electrons. The summed E-state index contributed by atoms with van der Waals surface area (Å²) < 4.78 is 39.9. The minimum Gasteiger partial charge on any atom is -0.463 e. The van der Waals surface area contributed by atoms with Gasteiger partial charge in [0.1, 0.15) is 11.6 Å². The van der Waals surface area contributed by atoms with Crippen LogP contribution in [0.5, 0.6) is 0 Å². The molecule has 0 heterocycles. The first-order valence-electron chi connectivity index (χ1n) is 13.9. The average Bonchev–Trinajstić information content (AvgIpc) is 2.88. The summed E-state index contributed by atoms with van der Waals surface area (Å²) in [5, 5.41) is 0. The third-order valence-electron chi connectivity index (χ3n) is 8.10. The summed E-state index contributed by atoms with van der Waals surface area (Å²) in [6.45, 7) is 6.62. The molecule has 0 aromatic heterocycles. The predicted molar refractivity (Wildman–Crippen MR) is 136 cm³/mol. The highest BCUT2D eigenvalue weighted by molar-refractivity contribution is 5.81. The number of unbranched alkanes of at least 4 members (excludes halogenated alkanes) is 3. The largest absolute Gasteiger partial charge is 0.463 e. The molecule has 0 spiro atoms. The highest BCUT2D eigenvalue weighted by Gasteiger charge is 2.32. The van der Waals surface area contributed by atoms with Gasteiger partial charge >= 0.3 is 5.97 Å². The van der Waals surface area contributed by atoms with E-state index in [-0.39, 0.29) is 23.2 Å². The maximum atomic E-state index is 14.4. The van der Waals surface area contributed by atoms with E-state index in [0.717, 1.165) is 81.8 Å². The Labute approximate surface area is 210 Å². The van der Waals surface area contributed by atoms with E-state index in [1.807, 2.05) is 6.92 Å². The molecule has 2 aliphatic rings. The Hall–Kier alpha value is -1.75. The lowest BCUT2D eigenvalue weighted by Crippen LogP contribution is -2.28. The molecule has 0 unspecified atom stereocenters. The lowest BCUT2D eigenvalue weighted by atomic mass is 9.69. The quantitative estimate of drug-likeness (QED) is 0.159. The third-order valence-corrected chi connectivity index (χ3v) is 8.10. The van der Waals surface area contributed by atoms with Crippen LogP contribution in [0.3, 0.4) is 0 Å². The summed E-state index contributed by atoms with van der Waals surface area (Å²) in [7, 11) is 0. The summed E-state index contributed by atoms with van der Waals surface area (Å²) in [4.78, 5) is 11.0. The Morgan fingerprint density at radius 3 is 2.06 bits per heavy atom. The smallest absolute Gasteiger partial charge is 0.330 e. The molecular weight excluding hydrogens is 446 g/mol. The van der Waals surface area contributed by atoms with Crippen molar-refractivity contribution in [3.8, 4) is 0 Å². The zero-order valence-corrected chi connectivity index (χ0v) is 21.5. The molecule has 2 saturated carbocycles. The fourth-order valence-electron chi connectivity index (χ4n) is 6.04. The van der Waals surface area contributed by atoms with Crippen molar-refractivity contribution in [1.29, 1.82) is 0 Å². The second kappa shape index (κ2) is 14.7. The highest BCUT2D eigenvalue weighted by atomic mass is 19.1. The van der Waals surface area contributed by atoms with E-state index in [1.54, 1.807) is 12.1 Å². The third kappa shape index (κ3) is 8.70. The molecule has 0 bridgehead atoms. The van der Waals surface area contributed by atoms with Gasteiger partial charge in [0.25, 0.3) is 0 Å². The minimum absolute atomic E-state index is 0.246. The molecule has 0 saturated heterocycles. The van der Waals surface area contributed by atoms with Gasteiger partial charge in [0.05, 0.1) is 12.7 Å². The van der Waals surface area contributed by atoms with Crippen LogP contribution in [0.15, 0.2) is 24.8 Å². The van der Waals surface area contributed by atoms with Crippen LogP contribution in [0.2, 0.25) is 0 Å². The fraction of sp³-hybridized carbons (Fsp3) is 0.700. The predicted octanol–water partition coefficient (Wildman–Crippen LogP) is 8.06. The van der Waals surface area contributed by atoms with Crippen molar-refractivity contribution < 1.29 is 23.0 Å². The molecule has 1 aromatic rings. The summed E-state index contributed by atoms with van der Waals surface area (Å²) in [6, 6.07) is 3.19. The van der Waals surface area contributed by atoms with Gasteiger partial charge in [-0.2, -0.15) is 0 Å². The van der Waals surface area contributed by atoms with Crippen LogP contribution < -0.4 is 0 Å². The van der Waals surface area contributed by atoms with E-state index in [9.17, 15) is 13.6 Å². The van der Waals surface area contributed by atoms with E-state index in [0.29, 0.717) is 25.0 Å². The topological polar surface area (TPSA) is 35.5 Å². The Balaban J connectivity index is 1.29. The Morgan fingerprint density at radius 2 is 1.49 bits per heavy atom. The zero-order valence-electron chi connectivity index (χ0n) is 21.5. The molecule has 3 rings (SSSR count). The molecule has 5 heteroatoms. The molecule has 0 aliphatic heterocycles. The van der Waals surface area contributed by atoms with Gasteiger partial charge in [-0.3, -0.25) is 0 Å². The second-order valence-corrected chi connectivity index (χ2v) is 10.5. The number of benzene rings is 1. The Bertz CT molecular complexity index is 770. The number of hydrogen-bond acceptors (Lipinski definition) is 3. The fourth-order valence-corrected chi connectivity index (χ4v) is 6.04. The van der Waals surface area contributed by atoms with Crippen molar-refractivity contribution in [3.63, 3.8) is 0 Å². The van der Waals surface area contributed by atoms with E-state index in [1.165, 1.54) is 31.8 Å². The molecule has 0 radical (unpaired) electrons. The van der Waals surface area contributed by atoms with E-state index < -0.39 is 0 Å². The molecule has 2 aliphatic carbocycles. The first-order chi connectivity index (χ1) is 17.0. The van der Waals surface area contributed by atoms with Crippen LogP contribution >= 0.6 is 0 Å². The number of rotatable bonds is 13. The van der Waals surface area contributed by atoms with Crippen LogP contribution in [0.25, 0.3) is 0 Å². The van der Waals surface area contributed by atoms with Crippen LogP contribution in [-0.4, -0.2) is 25.3 Å². The number of carbonyl (C=O) groups is 1. The van der Waals surface area contributed by atoms with Crippen molar-refractivity contribution in [3.05, 3.63) is 47.5 Å². The normalized spacial score (nSPS) is 24.8. The van der Waals surface area contributed by atoms with Gasteiger partial charge in [-0.15, -0.1) is 0 Å². The first kappa shape index (κ1) is 27.8. The van der Waals surface area contributed by atoms with Gasteiger partial charge in [0.2, 0.25) is 0 Å². The summed E-state index contributed by atoms with van der Waals surface area (Å²) in [6.07, 6.45) is 16.1. The van der Waals surface area contributed by atoms with Crippen molar-refractivity contribution in [2.45, 2.75) is 109 Å². The summed E-state index contributed by atoms with van der Waals surface area (Å²) in [5.41, 5.74) is 1.10. The van der Waals surface area contributed by atoms with Crippen molar-refractivity contribution >= 4 is 5.97 Å². The van der Waals surface area contributed by atoms with Crippen molar-refractivity contribution in [1.82, 2.24) is 0 Å². The van der Waals surface area contributed by atoms with E-state index >= 15 is 0 Å². The van der Waals surface area contributed by atoms with Crippen LogP contribution in [0.4, 0.5) is 8.78 Å². The maximum absolute atomic E-state index is 14.4. The summed E-state index contributed by atoms with van der Waals surface area (Å²) >= 11 is 0. The molecule has 0 N–H and O–H groups in total. The first-order valence-corrected chi connectivity index (χ1v) is 13.9. The second-order valence-electron chi connectivity index (χ2n) is 10.5. The van der Waals surface area contributed by atoms with Gasteiger partial charge < -0.3 is 9.47 Å². The molecule has 2 fully saturated rings. The molecule has 1 aromatic carbocycles. The SMILES string of the molecule is C=CC(=O)OCCCCCCOC1CCC(C2CCC(c3cc(F)c(CCC)c(F)c3)CC2)CC1. The number of hydrogen-bond donors (Lipinski definition) is 0. The Morgan fingerprint density at radius 1 is 0.914 bits per heavy atom. The maximum Gasteiger partial charge on any atom is 0.330 e. The van der Waals surface area contributed by atoms with Gasteiger partial charge in [-0.05, 0) is 112 Å². The summed E-state index contributed by atoms with van der Waals surface area (Å²) in [5.74, 6) is 0.734. The monoisotopic (exact) mass is 490 g/mol. The van der Waals surface area contributed by atoms with Gasteiger partial charge in [-0.1, -0.05) is 26.3 Å². The highest BCUT2D eigenvalue weighted by Crippen LogP contribution is 2.43. The van der Waals surface area contributed by atoms with Crippen molar-refractivity contribution in [2.75, 3.05) is 13.2 Å².